The van der Waals surface area contributed by atoms with Crippen molar-refractivity contribution >= 4 is 33.0 Å². The van der Waals surface area contributed by atoms with Crippen LogP contribution in [0.2, 0.25) is 5.02 Å². The molecule has 0 aromatic heterocycles. The van der Waals surface area contributed by atoms with Crippen molar-refractivity contribution in [3.63, 3.8) is 0 Å². The van der Waals surface area contributed by atoms with Gasteiger partial charge in [0.05, 0.1) is 4.91 Å². The molecule has 6 nitrogen and oxygen atoms in total. The zero-order chi connectivity index (χ0) is 14.2. The highest BCUT2D eigenvalue weighted by molar-refractivity contribution is 7.96. The normalized spacial score (nSPS) is 20.8. The lowest BCUT2D eigenvalue weighted by Crippen LogP contribution is -2.37. The summed E-state index contributed by atoms with van der Waals surface area (Å²) in [5.74, 6) is 0. The number of hydrogen-bond donors (Lipinski definition) is 2. The number of nitrogens with one attached hydrogen (secondary N) is 2. The van der Waals surface area contributed by atoms with Crippen molar-refractivity contribution in [3.8, 4) is 0 Å². The van der Waals surface area contributed by atoms with Crippen LogP contribution in [0.1, 0.15) is 0 Å². The van der Waals surface area contributed by atoms with E-state index >= 15 is 0 Å². The van der Waals surface area contributed by atoms with Crippen molar-refractivity contribution in [1.82, 2.24) is 5.48 Å². The van der Waals surface area contributed by atoms with E-state index in [-0.39, 0.29) is 4.91 Å². The van der Waals surface area contributed by atoms with Crippen LogP contribution in [0.3, 0.4) is 0 Å². The van der Waals surface area contributed by atoms with Gasteiger partial charge < -0.3 is 0 Å². The summed E-state index contributed by atoms with van der Waals surface area (Å²) < 4.78 is 27.3. The van der Waals surface area contributed by atoms with Crippen LogP contribution in [0, 0.1) is 0 Å². The molecule has 0 amide bonds. The van der Waals surface area contributed by atoms with Crippen molar-refractivity contribution in [2.75, 3.05) is 4.72 Å². The molecule has 2 aliphatic rings. The van der Waals surface area contributed by atoms with Gasteiger partial charge >= 0.3 is 0 Å². The minimum absolute atomic E-state index is 0.145. The molecule has 1 aromatic rings. The summed E-state index contributed by atoms with van der Waals surface area (Å²) in [5.41, 5.74) is 3.50. The molecular formula is C12H10ClN3O3S. The first-order valence-electron chi connectivity index (χ1n) is 5.72. The summed E-state index contributed by atoms with van der Waals surface area (Å²) in [6.45, 7) is 0. The summed E-state index contributed by atoms with van der Waals surface area (Å²) in [6, 6.07) is 5.81. The average Bonchev–Trinajstić information content (AvgIpc) is 2.89. The van der Waals surface area contributed by atoms with Crippen LogP contribution in [0.5, 0.6) is 0 Å². The Labute approximate surface area is 120 Å². The van der Waals surface area contributed by atoms with Gasteiger partial charge in [-0.05, 0) is 36.4 Å². The molecule has 1 heterocycles. The first kappa shape index (κ1) is 13.2. The number of oxime groups is 1. The maximum Gasteiger partial charge on any atom is 0.260 e. The molecular weight excluding hydrogens is 302 g/mol. The lowest BCUT2D eigenvalue weighted by molar-refractivity contribution is 0.0665. The van der Waals surface area contributed by atoms with E-state index < -0.39 is 16.1 Å². The fourth-order valence-electron chi connectivity index (χ4n) is 1.89. The number of hydroxylamine groups is 1. The molecule has 1 unspecified atom stereocenters. The summed E-state index contributed by atoms with van der Waals surface area (Å²) in [7, 11) is -3.71. The molecule has 8 heteroatoms. The number of rotatable bonds is 3. The van der Waals surface area contributed by atoms with Crippen LogP contribution in [0.15, 0.2) is 52.6 Å². The van der Waals surface area contributed by atoms with Gasteiger partial charge in [-0.2, -0.15) is 0 Å². The summed E-state index contributed by atoms with van der Waals surface area (Å²) in [6.07, 6.45) is 4.80. The molecule has 0 fully saturated rings. The molecule has 1 aliphatic heterocycles. The van der Waals surface area contributed by atoms with E-state index in [1.807, 2.05) is 0 Å². The SMILES string of the molecule is O=S(=O)(Nc1ccc(Cl)cc1)C1=CC=CC2=NONC12. The molecule has 1 aliphatic carbocycles. The zero-order valence-corrected chi connectivity index (χ0v) is 11.6. The molecule has 0 saturated carbocycles. The highest BCUT2D eigenvalue weighted by atomic mass is 35.5. The molecule has 20 heavy (non-hydrogen) atoms. The predicted molar refractivity (Wildman–Crippen MR) is 76.7 cm³/mol. The Morgan fingerprint density at radius 3 is 2.80 bits per heavy atom. The number of benzene rings is 1. The fourth-order valence-corrected chi connectivity index (χ4v) is 3.32. The minimum Gasteiger partial charge on any atom is -0.298 e. The molecule has 2 N–H and O–H groups in total. The standard InChI is InChI=1S/C12H10ClN3O3S/c13-8-4-6-9(7-5-8)16-20(17,18)11-3-1-2-10-12(11)15-19-14-10/h1-7,12,15-16H. The van der Waals surface area contributed by atoms with Gasteiger partial charge in [-0.15, -0.1) is 5.48 Å². The highest BCUT2D eigenvalue weighted by Gasteiger charge is 2.34. The molecule has 1 aromatic carbocycles. The Morgan fingerprint density at radius 1 is 1.30 bits per heavy atom. The third kappa shape index (κ3) is 2.43. The molecule has 0 radical (unpaired) electrons. The van der Waals surface area contributed by atoms with Crippen LogP contribution in [-0.4, -0.2) is 20.2 Å². The molecule has 0 spiro atoms. The number of halogens is 1. The second-order valence-electron chi connectivity index (χ2n) is 4.20. The largest absolute Gasteiger partial charge is 0.298 e. The van der Waals surface area contributed by atoms with E-state index in [1.54, 1.807) is 36.4 Å². The predicted octanol–water partition coefficient (Wildman–Crippen LogP) is 1.79. The molecule has 0 bridgehead atoms. The van der Waals surface area contributed by atoms with Gasteiger partial charge in [0.1, 0.15) is 11.8 Å². The number of hydrogen-bond acceptors (Lipinski definition) is 5. The quantitative estimate of drug-likeness (QED) is 0.892. The zero-order valence-electron chi connectivity index (χ0n) is 10.1. The van der Waals surface area contributed by atoms with Crippen LogP contribution in [0.4, 0.5) is 5.69 Å². The Hall–Kier alpha value is -1.83. The van der Waals surface area contributed by atoms with E-state index in [0.29, 0.717) is 16.4 Å². The van der Waals surface area contributed by atoms with Gasteiger partial charge in [0.15, 0.2) is 0 Å². The van der Waals surface area contributed by atoms with Crippen molar-refractivity contribution in [2.45, 2.75) is 6.04 Å². The van der Waals surface area contributed by atoms with Gasteiger partial charge in [-0.1, -0.05) is 22.8 Å². The average molecular weight is 312 g/mol. The summed E-state index contributed by atoms with van der Waals surface area (Å²) in [5, 5.41) is 4.24. The van der Waals surface area contributed by atoms with Crippen molar-refractivity contribution < 1.29 is 13.4 Å². The number of allylic oxidation sites excluding steroid dienone is 2. The van der Waals surface area contributed by atoms with E-state index in [9.17, 15) is 8.42 Å². The Balaban J connectivity index is 1.89. The van der Waals surface area contributed by atoms with Crippen molar-refractivity contribution in [2.24, 2.45) is 5.16 Å². The van der Waals surface area contributed by atoms with Crippen LogP contribution < -0.4 is 10.2 Å². The number of sulfonamides is 1. The Kier molecular flexibility index (Phi) is 3.25. The van der Waals surface area contributed by atoms with Gasteiger partial charge in [-0.25, -0.2) is 8.42 Å². The van der Waals surface area contributed by atoms with Crippen molar-refractivity contribution in [1.29, 1.82) is 0 Å². The van der Waals surface area contributed by atoms with Crippen LogP contribution >= 0.6 is 11.6 Å². The van der Waals surface area contributed by atoms with E-state index in [0.717, 1.165) is 0 Å². The van der Waals surface area contributed by atoms with E-state index in [1.165, 1.54) is 6.08 Å². The second-order valence-corrected chi connectivity index (χ2v) is 6.32. The smallest absolute Gasteiger partial charge is 0.260 e. The highest BCUT2D eigenvalue weighted by Crippen LogP contribution is 2.23. The molecule has 3 rings (SSSR count). The topological polar surface area (TPSA) is 79.8 Å². The molecule has 1 atom stereocenters. The first-order chi connectivity index (χ1) is 9.56. The van der Waals surface area contributed by atoms with Gasteiger partial charge in [0, 0.05) is 10.7 Å². The second kappa shape index (κ2) is 4.93. The number of nitrogens with zero attached hydrogens (tertiary/aromatic N) is 1. The summed E-state index contributed by atoms with van der Waals surface area (Å²) >= 11 is 5.76. The first-order valence-corrected chi connectivity index (χ1v) is 7.58. The maximum absolute atomic E-state index is 12.4. The molecule has 0 saturated heterocycles. The monoisotopic (exact) mass is 311 g/mol. The maximum atomic E-state index is 12.4. The molecule has 104 valence electrons. The lowest BCUT2D eigenvalue weighted by Gasteiger charge is -2.17. The third-order valence-electron chi connectivity index (χ3n) is 2.84. The minimum atomic E-state index is -3.71. The van der Waals surface area contributed by atoms with Crippen LogP contribution in [-0.2, 0) is 15.0 Å². The lowest BCUT2D eigenvalue weighted by atomic mass is 10.1. The summed E-state index contributed by atoms with van der Waals surface area (Å²) in [4.78, 5) is 4.86. The van der Waals surface area contributed by atoms with Gasteiger partial charge in [0.2, 0.25) is 0 Å². The Bertz CT molecular complexity index is 723. The Morgan fingerprint density at radius 2 is 2.05 bits per heavy atom. The van der Waals surface area contributed by atoms with E-state index in [4.69, 9.17) is 16.5 Å². The van der Waals surface area contributed by atoms with Gasteiger partial charge in [0.25, 0.3) is 10.0 Å². The number of anilines is 1. The van der Waals surface area contributed by atoms with Crippen LogP contribution in [0.25, 0.3) is 0 Å². The third-order valence-corrected chi connectivity index (χ3v) is 4.58. The van der Waals surface area contributed by atoms with Gasteiger partial charge in [-0.3, -0.25) is 9.66 Å². The van der Waals surface area contributed by atoms with Crippen molar-refractivity contribution in [3.05, 3.63) is 52.4 Å². The van der Waals surface area contributed by atoms with E-state index in [2.05, 4.69) is 15.4 Å². The fraction of sp³-hybridized carbons (Fsp3) is 0.0833. The number of fused-ring (bicyclic) bond motifs is 1.